The Labute approximate surface area is 211 Å². The molecule has 0 radical (unpaired) electrons. The number of hydrogen-bond acceptors (Lipinski definition) is 7. The molecule has 1 amide bonds. The van der Waals surface area contributed by atoms with Gasteiger partial charge in [-0.15, -0.1) is 0 Å². The van der Waals surface area contributed by atoms with Crippen LogP contribution in [0.25, 0.3) is 10.9 Å². The zero-order valence-electron chi connectivity index (χ0n) is 19.5. The molecule has 0 saturated heterocycles. The summed E-state index contributed by atoms with van der Waals surface area (Å²) >= 11 is 0. The Morgan fingerprint density at radius 3 is 2.18 bits per heavy atom. The molecule has 0 aliphatic heterocycles. The average molecular weight is 533 g/mol. The molecule has 13 heteroatoms. The Morgan fingerprint density at radius 1 is 0.895 bits per heavy atom. The van der Waals surface area contributed by atoms with Crippen LogP contribution in [0.15, 0.2) is 54.9 Å². The molecular weight excluding hydrogens is 517 g/mol. The lowest BCUT2D eigenvalue weighted by molar-refractivity contribution is -0.137. The minimum absolute atomic E-state index is 0.101. The second-order valence-corrected chi connectivity index (χ2v) is 7.63. The van der Waals surface area contributed by atoms with Crippen LogP contribution in [0.2, 0.25) is 0 Å². The monoisotopic (exact) mass is 533 g/mol. The van der Waals surface area contributed by atoms with Gasteiger partial charge in [-0.3, -0.25) is 9.59 Å². The molecule has 0 fully saturated rings. The standard InChI is InChI=1S/C25H16F5N3O5/c1-36-19-9-15-18(10-20(19)37-2)31-11-32-24(15)38-14-7-16(26)21(17(27)8-14)22(34)23(35)33-13-5-3-4-12(6-13)25(28,29)30/h3-11H,1-2H3,(H,33,35). The summed E-state index contributed by atoms with van der Waals surface area (Å²) in [5, 5.41) is 2.22. The molecule has 0 saturated carbocycles. The molecule has 1 N–H and O–H groups in total. The SMILES string of the molecule is COc1cc2ncnc(Oc3cc(F)c(C(=O)C(=O)Nc4cccc(C(F)(F)F)c4)c(F)c3)c2cc1OC. The highest BCUT2D eigenvalue weighted by molar-refractivity contribution is 6.46. The third-order valence-electron chi connectivity index (χ3n) is 5.22. The highest BCUT2D eigenvalue weighted by atomic mass is 19.4. The number of halogens is 5. The van der Waals surface area contributed by atoms with Crippen LogP contribution >= 0.6 is 0 Å². The van der Waals surface area contributed by atoms with E-state index in [9.17, 15) is 31.5 Å². The maximum Gasteiger partial charge on any atom is 0.416 e. The van der Waals surface area contributed by atoms with Gasteiger partial charge in [0.25, 0.3) is 11.7 Å². The van der Waals surface area contributed by atoms with Crippen molar-refractivity contribution in [1.29, 1.82) is 0 Å². The first-order valence-corrected chi connectivity index (χ1v) is 10.6. The topological polar surface area (TPSA) is 99.6 Å². The Kier molecular flexibility index (Phi) is 7.10. The van der Waals surface area contributed by atoms with Crippen LogP contribution in [0.4, 0.5) is 27.6 Å². The van der Waals surface area contributed by atoms with Gasteiger partial charge < -0.3 is 19.5 Å². The Balaban J connectivity index is 1.60. The minimum atomic E-state index is -4.70. The highest BCUT2D eigenvalue weighted by Crippen LogP contribution is 2.36. The maximum atomic E-state index is 14.8. The lowest BCUT2D eigenvalue weighted by Crippen LogP contribution is -2.25. The average Bonchev–Trinajstić information content (AvgIpc) is 2.87. The smallest absolute Gasteiger partial charge is 0.416 e. The summed E-state index contributed by atoms with van der Waals surface area (Å²) in [6.45, 7) is 0. The molecule has 1 heterocycles. The van der Waals surface area contributed by atoms with E-state index in [0.717, 1.165) is 24.5 Å². The Hall–Kier alpha value is -4.81. The number of rotatable bonds is 7. The van der Waals surface area contributed by atoms with Crippen LogP contribution in [0.3, 0.4) is 0 Å². The van der Waals surface area contributed by atoms with E-state index in [0.29, 0.717) is 40.6 Å². The summed E-state index contributed by atoms with van der Waals surface area (Å²) in [5.41, 5.74) is -2.33. The van der Waals surface area contributed by atoms with E-state index in [1.54, 1.807) is 0 Å². The highest BCUT2D eigenvalue weighted by Gasteiger charge is 2.31. The van der Waals surface area contributed by atoms with Crippen molar-refractivity contribution in [2.45, 2.75) is 6.18 Å². The molecule has 0 unspecified atom stereocenters. The molecule has 1 aromatic heterocycles. The molecule has 0 aliphatic rings. The molecule has 196 valence electrons. The minimum Gasteiger partial charge on any atom is -0.493 e. The van der Waals surface area contributed by atoms with E-state index in [2.05, 4.69) is 9.97 Å². The van der Waals surface area contributed by atoms with Crippen molar-refractivity contribution in [2.75, 3.05) is 19.5 Å². The molecule has 8 nitrogen and oxygen atoms in total. The van der Waals surface area contributed by atoms with Crippen LogP contribution in [-0.2, 0) is 11.0 Å². The lowest BCUT2D eigenvalue weighted by atomic mass is 10.1. The van der Waals surface area contributed by atoms with Crippen molar-refractivity contribution in [3.05, 3.63) is 77.6 Å². The van der Waals surface area contributed by atoms with Gasteiger partial charge in [0, 0.05) is 23.9 Å². The first-order valence-electron chi connectivity index (χ1n) is 10.6. The predicted molar refractivity (Wildman–Crippen MR) is 123 cm³/mol. The molecule has 0 atom stereocenters. The predicted octanol–water partition coefficient (Wildman–Crippen LogP) is 5.56. The number of ether oxygens (including phenoxy) is 3. The zero-order chi connectivity index (χ0) is 27.6. The van der Waals surface area contributed by atoms with Gasteiger partial charge in [0.15, 0.2) is 11.5 Å². The number of nitrogens with one attached hydrogen (secondary N) is 1. The first-order chi connectivity index (χ1) is 18.0. The van der Waals surface area contributed by atoms with E-state index in [1.165, 1.54) is 26.4 Å². The fourth-order valence-corrected chi connectivity index (χ4v) is 3.45. The summed E-state index contributed by atoms with van der Waals surface area (Å²) in [5.74, 6) is -5.89. The number of alkyl halides is 3. The van der Waals surface area contributed by atoms with Gasteiger partial charge in [0.05, 0.1) is 36.2 Å². The number of fused-ring (bicyclic) bond motifs is 1. The van der Waals surface area contributed by atoms with Crippen molar-refractivity contribution < 1.29 is 45.8 Å². The lowest BCUT2D eigenvalue weighted by Gasteiger charge is -2.12. The number of carbonyl (C=O) groups is 2. The molecular formula is C25H16F5N3O5. The van der Waals surface area contributed by atoms with E-state index in [4.69, 9.17) is 14.2 Å². The van der Waals surface area contributed by atoms with E-state index in [-0.39, 0.29) is 11.6 Å². The van der Waals surface area contributed by atoms with Crippen LogP contribution < -0.4 is 19.5 Å². The third-order valence-corrected chi connectivity index (χ3v) is 5.22. The van der Waals surface area contributed by atoms with Crippen molar-refractivity contribution in [2.24, 2.45) is 0 Å². The first kappa shape index (κ1) is 26.3. The number of anilines is 1. The van der Waals surface area contributed by atoms with E-state index < -0.39 is 46.4 Å². The molecule has 4 aromatic rings. The Morgan fingerprint density at radius 2 is 1.55 bits per heavy atom. The quantitative estimate of drug-likeness (QED) is 0.189. The summed E-state index contributed by atoms with van der Waals surface area (Å²) in [4.78, 5) is 32.8. The summed E-state index contributed by atoms with van der Waals surface area (Å²) in [7, 11) is 2.83. The number of benzene rings is 3. The van der Waals surface area contributed by atoms with Crippen LogP contribution in [0.1, 0.15) is 15.9 Å². The molecule has 0 spiro atoms. The molecule has 38 heavy (non-hydrogen) atoms. The molecule has 3 aromatic carbocycles. The number of aromatic nitrogens is 2. The van der Waals surface area contributed by atoms with Gasteiger partial charge in [-0.1, -0.05) is 6.07 Å². The summed E-state index contributed by atoms with van der Waals surface area (Å²) in [6, 6.07) is 7.75. The maximum absolute atomic E-state index is 14.8. The van der Waals surface area contributed by atoms with Gasteiger partial charge in [-0.2, -0.15) is 13.2 Å². The van der Waals surface area contributed by atoms with Crippen molar-refractivity contribution in [1.82, 2.24) is 9.97 Å². The fourth-order valence-electron chi connectivity index (χ4n) is 3.45. The second-order valence-electron chi connectivity index (χ2n) is 7.63. The van der Waals surface area contributed by atoms with Gasteiger partial charge in [-0.25, -0.2) is 18.7 Å². The molecule has 4 rings (SSSR count). The number of amides is 1. The van der Waals surface area contributed by atoms with Gasteiger partial charge in [-0.05, 0) is 24.3 Å². The van der Waals surface area contributed by atoms with Crippen molar-refractivity contribution in [3.63, 3.8) is 0 Å². The van der Waals surface area contributed by atoms with Gasteiger partial charge >= 0.3 is 6.18 Å². The van der Waals surface area contributed by atoms with Gasteiger partial charge in [0.2, 0.25) is 5.88 Å². The third kappa shape index (κ3) is 5.31. The zero-order valence-corrected chi connectivity index (χ0v) is 19.5. The van der Waals surface area contributed by atoms with Crippen LogP contribution in [0.5, 0.6) is 23.1 Å². The second kappa shape index (κ2) is 10.3. The number of methoxy groups -OCH3 is 2. The van der Waals surface area contributed by atoms with E-state index >= 15 is 0 Å². The normalized spacial score (nSPS) is 11.2. The Bertz CT molecular complexity index is 1540. The molecule has 0 aliphatic carbocycles. The molecule has 0 bridgehead atoms. The number of carbonyl (C=O) groups excluding carboxylic acids is 2. The van der Waals surface area contributed by atoms with Crippen molar-refractivity contribution in [3.8, 4) is 23.1 Å². The summed E-state index contributed by atoms with van der Waals surface area (Å²) in [6.07, 6.45) is -3.56. The summed E-state index contributed by atoms with van der Waals surface area (Å²) < 4.78 is 84.1. The van der Waals surface area contributed by atoms with E-state index in [1.807, 2.05) is 5.32 Å². The fraction of sp³-hybridized carbons (Fsp3) is 0.120. The number of nitrogens with zero attached hydrogens (tertiary/aromatic N) is 2. The van der Waals surface area contributed by atoms with Gasteiger partial charge in [0.1, 0.15) is 23.7 Å². The largest absolute Gasteiger partial charge is 0.493 e. The number of Topliss-reactive ketones (excluding diaryl/α,β-unsaturated/α-hetero) is 1. The van der Waals surface area contributed by atoms with Crippen LogP contribution in [0, 0.1) is 11.6 Å². The number of ketones is 1. The van der Waals surface area contributed by atoms with Crippen molar-refractivity contribution >= 4 is 28.3 Å². The number of hydrogen-bond donors (Lipinski definition) is 1. The van der Waals surface area contributed by atoms with Crippen LogP contribution in [-0.4, -0.2) is 35.9 Å².